The van der Waals surface area contributed by atoms with Crippen LogP contribution in [0.25, 0.3) is 0 Å². The molecule has 0 amide bonds. The minimum absolute atomic E-state index is 0. The van der Waals surface area contributed by atoms with Crippen molar-refractivity contribution in [1.82, 2.24) is 6.15 Å². The Morgan fingerprint density at radius 3 is 1.14 bits per heavy atom. The van der Waals surface area contributed by atoms with Gasteiger partial charge < -0.3 is 6.15 Å². The SMILES string of the molecule is N.O=S(=O)(O)O.[Ir]. The zero-order valence-corrected chi connectivity index (χ0v) is 6.37. The molecule has 7 heteroatoms. The summed E-state index contributed by atoms with van der Waals surface area (Å²) in [5.41, 5.74) is 0. The number of rotatable bonds is 0. The molecule has 49 valence electrons. The summed E-state index contributed by atoms with van der Waals surface area (Å²) in [4.78, 5) is 0. The molecule has 0 heterocycles. The molecule has 0 aliphatic carbocycles. The van der Waals surface area contributed by atoms with Crippen molar-refractivity contribution in [3.63, 3.8) is 0 Å². The van der Waals surface area contributed by atoms with E-state index in [1.54, 1.807) is 0 Å². The van der Waals surface area contributed by atoms with Crippen LogP contribution in [0.15, 0.2) is 0 Å². The maximum Gasteiger partial charge on any atom is 0.394 e. The molecular formula is H5IrNO4S. The van der Waals surface area contributed by atoms with E-state index >= 15 is 0 Å². The van der Waals surface area contributed by atoms with Gasteiger partial charge in [-0.25, -0.2) is 0 Å². The molecule has 0 aliphatic rings. The average molecular weight is 307 g/mol. The standard InChI is InChI=1S/Ir.H3N.H2O4S/c;;1-5(2,3)4/h;1H3;(H2,1,2,3,4). The van der Waals surface area contributed by atoms with E-state index in [-0.39, 0.29) is 26.3 Å². The van der Waals surface area contributed by atoms with Crippen molar-refractivity contribution >= 4 is 10.4 Å². The Morgan fingerprint density at radius 1 is 1.14 bits per heavy atom. The molecule has 0 fully saturated rings. The average Bonchev–Trinajstić information content (AvgIpc) is 0.722. The van der Waals surface area contributed by atoms with Crippen LogP contribution in [-0.2, 0) is 30.5 Å². The van der Waals surface area contributed by atoms with Crippen LogP contribution in [-0.4, -0.2) is 17.5 Å². The Labute approximate surface area is 54.6 Å². The maximum absolute atomic E-state index is 8.74. The predicted molar refractivity (Wildman–Crippen MR) is 19.2 cm³/mol. The second kappa shape index (κ2) is 4.63. The first-order chi connectivity index (χ1) is 2.00. The fraction of sp³-hybridized carbons (Fsp3) is 0. The third-order valence-electron chi connectivity index (χ3n) is 0. The zero-order valence-electron chi connectivity index (χ0n) is 3.16. The Morgan fingerprint density at radius 2 is 1.14 bits per heavy atom. The monoisotopic (exact) mass is 308 g/mol. The Hall–Kier alpha value is 0.479. The third kappa shape index (κ3) is 566. The van der Waals surface area contributed by atoms with E-state index in [0.717, 1.165) is 0 Å². The fourth-order valence-electron chi connectivity index (χ4n) is 0. The third-order valence-corrected chi connectivity index (χ3v) is 0. The van der Waals surface area contributed by atoms with Crippen LogP contribution in [0.5, 0.6) is 0 Å². The van der Waals surface area contributed by atoms with Gasteiger partial charge in [0.2, 0.25) is 0 Å². The van der Waals surface area contributed by atoms with Crippen molar-refractivity contribution in [2.24, 2.45) is 0 Å². The van der Waals surface area contributed by atoms with Crippen LogP contribution < -0.4 is 6.15 Å². The first kappa shape index (κ1) is 15.6. The van der Waals surface area contributed by atoms with Crippen LogP contribution in [0, 0.1) is 0 Å². The second-order valence-corrected chi connectivity index (χ2v) is 1.34. The van der Waals surface area contributed by atoms with E-state index in [1.807, 2.05) is 0 Å². The van der Waals surface area contributed by atoms with Gasteiger partial charge >= 0.3 is 10.4 Å². The van der Waals surface area contributed by atoms with Gasteiger partial charge in [-0.3, -0.25) is 9.11 Å². The van der Waals surface area contributed by atoms with Gasteiger partial charge in [0.25, 0.3) is 0 Å². The maximum atomic E-state index is 8.74. The van der Waals surface area contributed by atoms with Crippen LogP contribution in [0.2, 0.25) is 0 Å². The van der Waals surface area contributed by atoms with E-state index < -0.39 is 10.4 Å². The molecular weight excluding hydrogens is 302 g/mol. The van der Waals surface area contributed by atoms with Gasteiger partial charge in [-0.15, -0.1) is 0 Å². The smallest absolute Gasteiger partial charge is 0.344 e. The quantitative estimate of drug-likeness (QED) is 0.523. The summed E-state index contributed by atoms with van der Waals surface area (Å²) < 4.78 is 31.6. The molecule has 0 rings (SSSR count). The normalized spacial score (nSPS) is 8.29. The van der Waals surface area contributed by atoms with Crippen molar-refractivity contribution < 1.29 is 37.6 Å². The van der Waals surface area contributed by atoms with Crippen molar-refractivity contribution in [2.75, 3.05) is 0 Å². The molecule has 0 atom stereocenters. The molecule has 0 aromatic rings. The summed E-state index contributed by atoms with van der Waals surface area (Å²) in [6.45, 7) is 0. The van der Waals surface area contributed by atoms with Crippen LogP contribution >= 0.6 is 0 Å². The van der Waals surface area contributed by atoms with E-state index in [2.05, 4.69) is 0 Å². The van der Waals surface area contributed by atoms with E-state index in [9.17, 15) is 0 Å². The zero-order chi connectivity index (χ0) is 4.50. The first-order valence-corrected chi connectivity index (χ1v) is 2.10. The van der Waals surface area contributed by atoms with Crippen LogP contribution in [0.1, 0.15) is 0 Å². The van der Waals surface area contributed by atoms with Crippen molar-refractivity contribution in [3.8, 4) is 0 Å². The minimum atomic E-state index is -4.67. The molecule has 0 saturated carbocycles. The van der Waals surface area contributed by atoms with Gasteiger partial charge in [0, 0.05) is 20.1 Å². The molecule has 0 bridgehead atoms. The molecule has 1 radical (unpaired) electrons. The summed E-state index contributed by atoms with van der Waals surface area (Å²) >= 11 is 0. The Bertz CT molecular complexity index is 94.9. The minimum Gasteiger partial charge on any atom is -0.344 e. The van der Waals surface area contributed by atoms with E-state index in [4.69, 9.17) is 17.5 Å². The molecule has 0 spiro atoms. The largest absolute Gasteiger partial charge is 0.394 e. The van der Waals surface area contributed by atoms with Gasteiger partial charge in [-0.2, -0.15) is 8.42 Å². The molecule has 0 aromatic carbocycles. The van der Waals surface area contributed by atoms with Gasteiger partial charge in [-0.1, -0.05) is 0 Å². The second-order valence-electron chi connectivity index (χ2n) is 0.448. The fourth-order valence-corrected chi connectivity index (χ4v) is 0. The number of hydrogen-bond acceptors (Lipinski definition) is 3. The van der Waals surface area contributed by atoms with Crippen LogP contribution in [0.3, 0.4) is 0 Å². The molecule has 7 heavy (non-hydrogen) atoms. The van der Waals surface area contributed by atoms with Crippen molar-refractivity contribution in [1.29, 1.82) is 0 Å². The molecule has 5 nitrogen and oxygen atoms in total. The Kier molecular flexibility index (Phi) is 10.4. The Balaban J connectivity index is -0.0000000800. The molecule has 0 saturated heterocycles. The predicted octanol–water partition coefficient (Wildman–Crippen LogP) is -0.493. The first-order valence-electron chi connectivity index (χ1n) is 0.698. The van der Waals surface area contributed by atoms with Crippen LogP contribution in [0.4, 0.5) is 0 Å². The summed E-state index contributed by atoms with van der Waals surface area (Å²) in [5, 5.41) is 0. The summed E-state index contributed by atoms with van der Waals surface area (Å²) in [5.74, 6) is 0. The van der Waals surface area contributed by atoms with Gasteiger partial charge in [0.05, 0.1) is 0 Å². The molecule has 0 unspecified atom stereocenters. The summed E-state index contributed by atoms with van der Waals surface area (Å²) in [6, 6.07) is 0. The summed E-state index contributed by atoms with van der Waals surface area (Å²) in [7, 11) is -4.67. The molecule has 0 aromatic heterocycles. The van der Waals surface area contributed by atoms with Gasteiger partial charge in [0.1, 0.15) is 0 Å². The van der Waals surface area contributed by atoms with E-state index in [0.29, 0.717) is 0 Å². The molecule has 0 aliphatic heterocycles. The topological polar surface area (TPSA) is 110 Å². The van der Waals surface area contributed by atoms with Gasteiger partial charge in [-0.05, 0) is 0 Å². The van der Waals surface area contributed by atoms with Gasteiger partial charge in [0.15, 0.2) is 0 Å². The van der Waals surface area contributed by atoms with Crippen molar-refractivity contribution in [3.05, 3.63) is 0 Å². The van der Waals surface area contributed by atoms with Crippen molar-refractivity contribution in [2.45, 2.75) is 0 Å². The summed E-state index contributed by atoms with van der Waals surface area (Å²) in [6.07, 6.45) is 0. The number of hydrogen-bond donors (Lipinski definition) is 3. The molecule has 5 N–H and O–H groups in total. The van der Waals surface area contributed by atoms with E-state index in [1.165, 1.54) is 0 Å².